The van der Waals surface area contributed by atoms with E-state index in [2.05, 4.69) is 23.3 Å². The van der Waals surface area contributed by atoms with E-state index in [1.54, 1.807) is 11.8 Å². The summed E-state index contributed by atoms with van der Waals surface area (Å²) in [6.45, 7) is 1.71. The highest BCUT2D eigenvalue weighted by Gasteiger charge is 2.35. The molecular weight excluding hydrogens is 282 g/mol. The molecule has 2 aliphatic rings. The fourth-order valence-corrected chi connectivity index (χ4v) is 3.86. The third-order valence-corrected chi connectivity index (χ3v) is 5.48. The number of nitrogens with zero attached hydrogens (tertiary/aromatic N) is 2. The van der Waals surface area contributed by atoms with Crippen molar-refractivity contribution in [3.8, 4) is 0 Å². The molecule has 0 aliphatic carbocycles. The Labute approximate surface area is 130 Å². The summed E-state index contributed by atoms with van der Waals surface area (Å²) in [5.41, 5.74) is 0.884. The molecule has 2 aliphatic heterocycles. The van der Waals surface area contributed by atoms with E-state index in [1.165, 1.54) is 17.7 Å². The number of nitrogens with one attached hydrogen (secondary N) is 1. The molecule has 4 nitrogen and oxygen atoms in total. The van der Waals surface area contributed by atoms with Crippen LogP contribution in [-0.4, -0.2) is 54.3 Å². The van der Waals surface area contributed by atoms with Crippen LogP contribution in [-0.2, 0) is 0 Å². The Kier molecular flexibility index (Phi) is 4.40. The normalized spacial score (nSPS) is 25.7. The molecule has 1 aromatic rings. The van der Waals surface area contributed by atoms with Crippen molar-refractivity contribution in [2.24, 2.45) is 0 Å². The minimum absolute atomic E-state index is 0.0363. The standard InChI is InChI=1S/C16H23N3OS/c1-18-13-6-7-14(18)11-19(9-8-13)16(20)17-12-4-3-5-15(10-12)21-2/h3-5,10,13-14H,6-9,11H2,1-2H3,(H,17,20)/t13-,14+/m1/s1. The second-order valence-electron chi connectivity index (χ2n) is 5.95. The summed E-state index contributed by atoms with van der Waals surface area (Å²) < 4.78 is 0. The van der Waals surface area contributed by atoms with Gasteiger partial charge in [0.25, 0.3) is 0 Å². The number of rotatable bonds is 2. The van der Waals surface area contributed by atoms with Gasteiger partial charge in [0.05, 0.1) is 0 Å². The number of thioether (sulfide) groups is 1. The molecule has 2 heterocycles. The Morgan fingerprint density at radius 1 is 1.29 bits per heavy atom. The molecule has 1 N–H and O–H groups in total. The van der Waals surface area contributed by atoms with Gasteiger partial charge in [0, 0.05) is 35.8 Å². The minimum atomic E-state index is 0.0363. The smallest absolute Gasteiger partial charge is 0.321 e. The van der Waals surface area contributed by atoms with Crippen LogP contribution in [0.4, 0.5) is 10.5 Å². The lowest BCUT2D eigenvalue weighted by atomic mass is 10.1. The molecule has 5 heteroatoms. The highest BCUT2D eigenvalue weighted by atomic mass is 32.2. The van der Waals surface area contributed by atoms with E-state index >= 15 is 0 Å². The molecule has 114 valence electrons. The fourth-order valence-electron chi connectivity index (χ4n) is 3.40. The molecule has 1 aromatic carbocycles. The Morgan fingerprint density at radius 2 is 2.10 bits per heavy atom. The van der Waals surface area contributed by atoms with Crippen molar-refractivity contribution in [1.29, 1.82) is 0 Å². The third-order valence-electron chi connectivity index (χ3n) is 4.76. The van der Waals surface area contributed by atoms with Crippen molar-refractivity contribution in [1.82, 2.24) is 9.80 Å². The van der Waals surface area contributed by atoms with Gasteiger partial charge in [-0.3, -0.25) is 4.90 Å². The highest BCUT2D eigenvalue weighted by molar-refractivity contribution is 7.98. The van der Waals surface area contributed by atoms with Gasteiger partial charge in [0.2, 0.25) is 0 Å². The maximum Gasteiger partial charge on any atom is 0.321 e. The van der Waals surface area contributed by atoms with Gasteiger partial charge in [0.15, 0.2) is 0 Å². The monoisotopic (exact) mass is 305 g/mol. The summed E-state index contributed by atoms with van der Waals surface area (Å²) in [4.78, 5) is 18.1. The van der Waals surface area contributed by atoms with Crippen molar-refractivity contribution in [2.45, 2.75) is 36.2 Å². The molecule has 21 heavy (non-hydrogen) atoms. The summed E-state index contributed by atoms with van der Waals surface area (Å²) in [6.07, 6.45) is 5.63. The largest absolute Gasteiger partial charge is 0.323 e. The summed E-state index contributed by atoms with van der Waals surface area (Å²) in [5, 5.41) is 3.04. The van der Waals surface area contributed by atoms with E-state index in [9.17, 15) is 4.79 Å². The van der Waals surface area contributed by atoms with E-state index in [0.29, 0.717) is 12.1 Å². The summed E-state index contributed by atoms with van der Waals surface area (Å²) in [7, 11) is 2.20. The van der Waals surface area contributed by atoms with Crippen LogP contribution in [0.1, 0.15) is 19.3 Å². The van der Waals surface area contributed by atoms with E-state index < -0.39 is 0 Å². The van der Waals surface area contributed by atoms with E-state index in [-0.39, 0.29) is 6.03 Å². The van der Waals surface area contributed by atoms with E-state index in [0.717, 1.165) is 25.2 Å². The number of carbonyl (C=O) groups excluding carboxylic acids is 1. The van der Waals surface area contributed by atoms with Crippen LogP contribution in [0.2, 0.25) is 0 Å². The summed E-state index contributed by atoms with van der Waals surface area (Å²) >= 11 is 1.69. The highest BCUT2D eigenvalue weighted by Crippen LogP contribution is 2.28. The number of fused-ring (bicyclic) bond motifs is 2. The maximum absolute atomic E-state index is 12.5. The van der Waals surface area contributed by atoms with Crippen LogP contribution in [0.25, 0.3) is 0 Å². The molecule has 0 radical (unpaired) electrons. The molecule has 0 saturated carbocycles. The van der Waals surface area contributed by atoms with Gasteiger partial charge < -0.3 is 10.2 Å². The molecule has 0 unspecified atom stereocenters. The number of likely N-dealkylation sites (N-methyl/N-ethyl adjacent to an activating group) is 1. The second kappa shape index (κ2) is 6.28. The van der Waals surface area contributed by atoms with Crippen LogP contribution >= 0.6 is 11.8 Å². The number of hydrogen-bond donors (Lipinski definition) is 1. The number of urea groups is 1. The average Bonchev–Trinajstić information content (AvgIpc) is 2.72. The van der Waals surface area contributed by atoms with Crippen molar-refractivity contribution < 1.29 is 4.79 Å². The van der Waals surface area contributed by atoms with E-state index in [1.807, 2.05) is 29.4 Å². The fraction of sp³-hybridized carbons (Fsp3) is 0.562. The maximum atomic E-state index is 12.5. The van der Waals surface area contributed by atoms with Gasteiger partial charge in [-0.1, -0.05) is 6.07 Å². The zero-order chi connectivity index (χ0) is 14.8. The summed E-state index contributed by atoms with van der Waals surface area (Å²) in [5.74, 6) is 0. The van der Waals surface area contributed by atoms with Gasteiger partial charge >= 0.3 is 6.03 Å². The SMILES string of the molecule is CSc1cccc(NC(=O)N2CC[C@H]3CC[C@@H](C2)N3C)c1. The van der Waals surface area contributed by atoms with Gasteiger partial charge in [-0.15, -0.1) is 11.8 Å². The lowest BCUT2D eigenvalue weighted by Crippen LogP contribution is -2.41. The zero-order valence-electron chi connectivity index (χ0n) is 12.7. The average molecular weight is 305 g/mol. The van der Waals surface area contributed by atoms with Crippen molar-refractivity contribution >= 4 is 23.5 Å². The molecule has 2 bridgehead atoms. The first kappa shape index (κ1) is 14.7. The number of amides is 2. The third kappa shape index (κ3) is 3.19. The lowest BCUT2D eigenvalue weighted by molar-refractivity contribution is 0.200. The van der Waals surface area contributed by atoms with E-state index in [4.69, 9.17) is 0 Å². The predicted octanol–water partition coefficient (Wildman–Crippen LogP) is 3.11. The number of hydrogen-bond acceptors (Lipinski definition) is 3. The molecule has 2 atom stereocenters. The molecule has 2 amide bonds. The second-order valence-corrected chi connectivity index (χ2v) is 6.83. The first-order chi connectivity index (χ1) is 10.2. The molecule has 0 aromatic heterocycles. The Bertz CT molecular complexity index is 522. The van der Waals surface area contributed by atoms with Crippen LogP contribution < -0.4 is 5.32 Å². The van der Waals surface area contributed by atoms with Gasteiger partial charge in [-0.25, -0.2) is 4.79 Å². The van der Waals surface area contributed by atoms with Gasteiger partial charge in [0.1, 0.15) is 0 Å². The van der Waals surface area contributed by atoms with Crippen molar-refractivity contribution in [3.05, 3.63) is 24.3 Å². The van der Waals surface area contributed by atoms with Crippen molar-refractivity contribution in [2.75, 3.05) is 31.7 Å². The van der Waals surface area contributed by atoms with Gasteiger partial charge in [-0.2, -0.15) is 0 Å². The molecule has 0 spiro atoms. The molecular formula is C16H23N3OS. The predicted molar refractivity (Wildman–Crippen MR) is 88.0 cm³/mol. The number of anilines is 1. The Morgan fingerprint density at radius 3 is 2.90 bits per heavy atom. The zero-order valence-corrected chi connectivity index (χ0v) is 13.5. The van der Waals surface area contributed by atoms with Crippen molar-refractivity contribution in [3.63, 3.8) is 0 Å². The molecule has 3 rings (SSSR count). The van der Waals surface area contributed by atoms with Crippen LogP contribution in [0.5, 0.6) is 0 Å². The lowest BCUT2D eigenvalue weighted by Gasteiger charge is -2.26. The first-order valence-electron chi connectivity index (χ1n) is 7.59. The molecule has 2 saturated heterocycles. The Balaban J connectivity index is 1.65. The van der Waals surface area contributed by atoms with Gasteiger partial charge in [-0.05, 0) is 50.8 Å². The molecule has 2 fully saturated rings. The topological polar surface area (TPSA) is 35.6 Å². The Hall–Kier alpha value is -1.20. The van der Waals surface area contributed by atoms with Crippen LogP contribution in [0, 0.1) is 0 Å². The quantitative estimate of drug-likeness (QED) is 0.853. The number of carbonyl (C=O) groups is 1. The first-order valence-corrected chi connectivity index (χ1v) is 8.82. The summed E-state index contributed by atoms with van der Waals surface area (Å²) in [6, 6.07) is 9.24. The van der Waals surface area contributed by atoms with Crippen LogP contribution in [0.3, 0.4) is 0 Å². The minimum Gasteiger partial charge on any atom is -0.323 e. The number of benzene rings is 1. The van der Waals surface area contributed by atoms with Crippen LogP contribution in [0.15, 0.2) is 29.2 Å². The number of likely N-dealkylation sites (tertiary alicyclic amines) is 1.